The van der Waals surface area contributed by atoms with E-state index in [1.54, 1.807) is 0 Å². The van der Waals surface area contributed by atoms with Gasteiger partial charge in [0.05, 0.1) is 11.5 Å². The van der Waals surface area contributed by atoms with Crippen LogP contribution in [-0.4, -0.2) is 19.9 Å². The third-order valence-electron chi connectivity index (χ3n) is 1.15. The molecule has 2 nitrogen and oxygen atoms in total. The molecular weight excluding hydrogens is 124 g/mol. The molecule has 0 amide bonds. The van der Waals surface area contributed by atoms with Gasteiger partial charge < -0.3 is 0 Å². The van der Waals surface area contributed by atoms with Crippen molar-refractivity contribution in [2.75, 3.05) is 11.5 Å². The van der Waals surface area contributed by atoms with E-state index >= 15 is 0 Å². The molecule has 1 rings (SSSR count). The van der Waals surface area contributed by atoms with Crippen LogP contribution in [0.2, 0.25) is 0 Å². The summed E-state index contributed by atoms with van der Waals surface area (Å²) in [5, 5.41) is 0. The summed E-state index contributed by atoms with van der Waals surface area (Å²) < 4.78 is 20.7. The fraction of sp³-hybridized carbons (Fsp3) is 0.600. The lowest BCUT2D eigenvalue weighted by atomic mass is 10.2. The van der Waals surface area contributed by atoms with Gasteiger partial charge in [-0.05, 0) is 0 Å². The summed E-state index contributed by atoms with van der Waals surface area (Å²) in [5.74, 6) is 2.77. The SMILES string of the molecule is C#CC1CS(=O)(=O)C1. The molecule has 0 radical (unpaired) electrons. The topological polar surface area (TPSA) is 34.1 Å². The normalized spacial score (nSPS) is 25.9. The van der Waals surface area contributed by atoms with Gasteiger partial charge in [0, 0.05) is 5.92 Å². The van der Waals surface area contributed by atoms with Crippen LogP contribution in [0.15, 0.2) is 0 Å². The molecule has 0 aromatic carbocycles. The van der Waals surface area contributed by atoms with Crippen molar-refractivity contribution in [3.05, 3.63) is 0 Å². The maximum absolute atomic E-state index is 10.4. The number of rotatable bonds is 0. The van der Waals surface area contributed by atoms with E-state index in [-0.39, 0.29) is 17.4 Å². The van der Waals surface area contributed by atoms with Crippen molar-refractivity contribution in [3.8, 4) is 12.3 Å². The molecule has 1 aliphatic rings. The van der Waals surface area contributed by atoms with Gasteiger partial charge in [-0.15, -0.1) is 12.3 Å². The first-order valence-electron chi connectivity index (χ1n) is 2.30. The Morgan fingerprint density at radius 3 is 2.12 bits per heavy atom. The second-order valence-corrected chi connectivity index (χ2v) is 4.09. The lowest BCUT2D eigenvalue weighted by Crippen LogP contribution is -2.34. The summed E-state index contributed by atoms with van der Waals surface area (Å²) in [5.41, 5.74) is 0. The number of sulfone groups is 1. The molecule has 0 spiro atoms. The summed E-state index contributed by atoms with van der Waals surface area (Å²) in [6.07, 6.45) is 4.94. The fourth-order valence-electron chi connectivity index (χ4n) is 0.660. The Labute approximate surface area is 48.8 Å². The van der Waals surface area contributed by atoms with Gasteiger partial charge in [-0.2, -0.15) is 0 Å². The monoisotopic (exact) mass is 130 g/mol. The molecule has 1 fully saturated rings. The molecule has 0 saturated carbocycles. The number of hydrogen-bond acceptors (Lipinski definition) is 2. The van der Waals surface area contributed by atoms with Gasteiger partial charge in [0.1, 0.15) is 0 Å². The zero-order valence-electron chi connectivity index (χ0n) is 4.29. The van der Waals surface area contributed by atoms with Crippen LogP contribution >= 0.6 is 0 Å². The molecular formula is C5H6O2S. The van der Waals surface area contributed by atoms with Crippen molar-refractivity contribution in [1.82, 2.24) is 0 Å². The lowest BCUT2D eigenvalue weighted by Gasteiger charge is -2.19. The molecule has 0 bridgehead atoms. The van der Waals surface area contributed by atoms with Crippen LogP contribution in [0, 0.1) is 18.3 Å². The molecule has 0 N–H and O–H groups in total. The fourth-order valence-corrected chi connectivity index (χ4v) is 1.98. The van der Waals surface area contributed by atoms with Crippen molar-refractivity contribution in [2.24, 2.45) is 5.92 Å². The van der Waals surface area contributed by atoms with Crippen LogP contribution in [0.4, 0.5) is 0 Å². The van der Waals surface area contributed by atoms with Crippen LogP contribution in [0.3, 0.4) is 0 Å². The second kappa shape index (κ2) is 1.49. The Balaban J connectivity index is 2.59. The minimum absolute atomic E-state index is 0.000000000000000444. The maximum atomic E-state index is 10.4. The first kappa shape index (κ1) is 5.64. The maximum Gasteiger partial charge on any atom is 0.152 e. The minimum atomic E-state index is -2.69. The van der Waals surface area contributed by atoms with Crippen molar-refractivity contribution in [1.29, 1.82) is 0 Å². The zero-order valence-corrected chi connectivity index (χ0v) is 5.11. The molecule has 0 aromatic rings. The molecule has 1 heterocycles. The highest BCUT2D eigenvalue weighted by atomic mass is 32.2. The van der Waals surface area contributed by atoms with E-state index in [0.29, 0.717) is 0 Å². The van der Waals surface area contributed by atoms with Gasteiger partial charge in [-0.1, -0.05) is 0 Å². The van der Waals surface area contributed by atoms with Gasteiger partial charge >= 0.3 is 0 Å². The quantitative estimate of drug-likeness (QED) is 0.420. The molecule has 1 aliphatic heterocycles. The highest BCUT2D eigenvalue weighted by Gasteiger charge is 2.31. The number of hydrogen-bond donors (Lipinski definition) is 0. The Morgan fingerprint density at radius 2 is 2.00 bits per heavy atom. The molecule has 0 unspecified atom stereocenters. The molecule has 8 heavy (non-hydrogen) atoms. The third kappa shape index (κ3) is 0.846. The molecule has 3 heteroatoms. The summed E-state index contributed by atoms with van der Waals surface area (Å²) in [6, 6.07) is 0. The Hall–Kier alpha value is -0.490. The van der Waals surface area contributed by atoms with Crippen molar-refractivity contribution in [2.45, 2.75) is 0 Å². The smallest absolute Gasteiger partial charge is 0.152 e. The van der Waals surface area contributed by atoms with E-state index in [1.165, 1.54) is 0 Å². The van der Waals surface area contributed by atoms with Gasteiger partial charge in [-0.25, -0.2) is 8.42 Å². The van der Waals surface area contributed by atoms with Gasteiger partial charge in [0.15, 0.2) is 9.84 Å². The van der Waals surface area contributed by atoms with E-state index in [0.717, 1.165) is 0 Å². The van der Waals surface area contributed by atoms with Crippen LogP contribution in [0.5, 0.6) is 0 Å². The zero-order chi connectivity index (χ0) is 6.20. The highest BCUT2D eigenvalue weighted by Crippen LogP contribution is 2.15. The molecule has 0 aliphatic carbocycles. The summed E-state index contributed by atoms with van der Waals surface area (Å²) in [6.45, 7) is 0. The third-order valence-corrected chi connectivity index (χ3v) is 2.97. The first-order valence-corrected chi connectivity index (χ1v) is 4.13. The van der Waals surface area contributed by atoms with E-state index in [4.69, 9.17) is 6.42 Å². The number of terminal acetylenes is 1. The van der Waals surface area contributed by atoms with Crippen LogP contribution < -0.4 is 0 Å². The van der Waals surface area contributed by atoms with Crippen LogP contribution in [0.1, 0.15) is 0 Å². The Morgan fingerprint density at radius 1 is 1.50 bits per heavy atom. The molecule has 0 aromatic heterocycles. The second-order valence-electron chi connectivity index (χ2n) is 1.94. The summed E-state index contributed by atoms with van der Waals surface area (Å²) in [4.78, 5) is 0. The van der Waals surface area contributed by atoms with Crippen molar-refractivity contribution < 1.29 is 8.42 Å². The van der Waals surface area contributed by atoms with E-state index in [9.17, 15) is 8.42 Å². The van der Waals surface area contributed by atoms with E-state index in [2.05, 4.69) is 5.92 Å². The van der Waals surface area contributed by atoms with Gasteiger partial charge in [-0.3, -0.25) is 0 Å². The Bertz CT molecular complexity index is 207. The average Bonchev–Trinajstić information content (AvgIpc) is 1.60. The predicted octanol–water partition coefficient (Wildman–Crippen LogP) is -0.336. The molecule has 1 saturated heterocycles. The lowest BCUT2D eigenvalue weighted by molar-refractivity contribution is 0.562. The standard InChI is InChI=1S/C5H6O2S/c1-2-5-3-8(6,7)4-5/h1,5H,3-4H2. The molecule has 0 atom stereocenters. The van der Waals surface area contributed by atoms with Crippen LogP contribution in [-0.2, 0) is 9.84 Å². The van der Waals surface area contributed by atoms with E-state index in [1.807, 2.05) is 0 Å². The van der Waals surface area contributed by atoms with E-state index < -0.39 is 9.84 Å². The first-order chi connectivity index (χ1) is 3.64. The average molecular weight is 130 g/mol. The van der Waals surface area contributed by atoms with Gasteiger partial charge in [0.2, 0.25) is 0 Å². The van der Waals surface area contributed by atoms with Crippen molar-refractivity contribution in [3.63, 3.8) is 0 Å². The largest absolute Gasteiger partial charge is 0.229 e. The van der Waals surface area contributed by atoms with Gasteiger partial charge in [0.25, 0.3) is 0 Å². The Kier molecular flexibility index (Phi) is 1.05. The summed E-state index contributed by atoms with van der Waals surface area (Å²) in [7, 11) is -2.69. The summed E-state index contributed by atoms with van der Waals surface area (Å²) >= 11 is 0. The minimum Gasteiger partial charge on any atom is -0.229 e. The van der Waals surface area contributed by atoms with Crippen LogP contribution in [0.25, 0.3) is 0 Å². The highest BCUT2D eigenvalue weighted by molar-refractivity contribution is 7.92. The predicted molar refractivity (Wildman–Crippen MR) is 31.0 cm³/mol. The van der Waals surface area contributed by atoms with Crippen molar-refractivity contribution >= 4 is 9.84 Å². The molecule has 44 valence electrons.